The van der Waals surface area contributed by atoms with Crippen LogP contribution in [0.2, 0.25) is 0 Å². The SMILES string of the molecule is C#CCC(C=C)O[P+](=O)OCC=C. The Kier molecular flexibility index (Phi) is 7.14. The number of hydrogen-bond acceptors (Lipinski definition) is 3. The summed E-state index contributed by atoms with van der Waals surface area (Å²) < 4.78 is 20.6. The van der Waals surface area contributed by atoms with Crippen molar-refractivity contribution in [3.05, 3.63) is 25.3 Å². The van der Waals surface area contributed by atoms with Crippen LogP contribution in [0.3, 0.4) is 0 Å². The summed E-state index contributed by atoms with van der Waals surface area (Å²) in [4.78, 5) is 0. The summed E-state index contributed by atoms with van der Waals surface area (Å²) in [6.07, 6.45) is 7.95. The zero-order valence-corrected chi connectivity index (χ0v) is 8.20. The number of terminal acetylenes is 1. The molecule has 0 N–H and O–H groups in total. The van der Waals surface area contributed by atoms with Crippen molar-refractivity contribution in [2.75, 3.05) is 6.61 Å². The normalized spacial score (nSPS) is 12.7. The van der Waals surface area contributed by atoms with Crippen molar-refractivity contribution >= 4 is 8.25 Å². The van der Waals surface area contributed by atoms with E-state index in [1.54, 1.807) is 0 Å². The van der Waals surface area contributed by atoms with Crippen molar-refractivity contribution in [2.24, 2.45) is 0 Å². The van der Waals surface area contributed by atoms with E-state index in [1.807, 2.05) is 0 Å². The minimum atomic E-state index is -2.13. The van der Waals surface area contributed by atoms with E-state index in [9.17, 15) is 4.57 Å². The van der Waals surface area contributed by atoms with Crippen molar-refractivity contribution in [3.8, 4) is 12.3 Å². The molecule has 0 aliphatic rings. The highest BCUT2D eigenvalue weighted by atomic mass is 31.1. The fourth-order valence-electron chi connectivity index (χ4n) is 0.534. The van der Waals surface area contributed by atoms with Crippen LogP contribution in [0.25, 0.3) is 0 Å². The zero-order chi connectivity index (χ0) is 10.1. The molecule has 0 rings (SSSR count). The van der Waals surface area contributed by atoms with Crippen LogP contribution >= 0.6 is 8.25 Å². The molecule has 3 nitrogen and oxygen atoms in total. The van der Waals surface area contributed by atoms with Crippen LogP contribution in [0.5, 0.6) is 0 Å². The molecule has 2 atom stereocenters. The van der Waals surface area contributed by atoms with E-state index in [-0.39, 0.29) is 6.61 Å². The topological polar surface area (TPSA) is 35.5 Å². The molecule has 0 heterocycles. The lowest BCUT2D eigenvalue weighted by atomic mass is 10.3. The Hall–Kier alpha value is -0.940. The standard InChI is InChI=1S/C9H12O3P/c1-4-7-9(6-3)12-13(10)11-8-5-2/h1,5-6,9H,2-3,7-8H2/q+1. The van der Waals surface area contributed by atoms with Crippen LogP contribution in [-0.2, 0) is 13.6 Å². The van der Waals surface area contributed by atoms with Gasteiger partial charge >= 0.3 is 8.25 Å². The molecule has 0 saturated heterocycles. The van der Waals surface area contributed by atoms with E-state index in [0.717, 1.165) is 0 Å². The molecule has 0 aliphatic heterocycles. The van der Waals surface area contributed by atoms with Gasteiger partial charge in [0.25, 0.3) is 0 Å². The van der Waals surface area contributed by atoms with Crippen LogP contribution in [0, 0.1) is 12.3 Å². The molecule has 0 aromatic rings. The lowest BCUT2D eigenvalue weighted by molar-refractivity contribution is 0.206. The predicted molar refractivity (Wildman–Crippen MR) is 52.3 cm³/mol. The fourth-order valence-corrected chi connectivity index (χ4v) is 1.20. The maximum Gasteiger partial charge on any atom is 0.698 e. The number of hydrogen-bond donors (Lipinski definition) is 0. The average molecular weight is 199 g/mol. The molecular formula is C9H12O3P+. The third kappa shape index (κ3) is 6.24. The van der Waals surface area contributed by atoms with Crippen LogP contribution in [-0.4, -0.2) is 12.7 Å². The molecule has 0 radical (unpaired) electrons. The molecule has 0 spiro atoms. The molecule has 0 saturated carbocycles. The van der Waals surface area contributed by atoms with Gasteiger partial charge in [-0.15, -0.1) is 34.5 Å². The largest absolute Gasteiger partial charge is 0.698 e. The van der Waals surface area contributed by atoms with Gasteiger partial charge in [-0.1, -0.05) is 12.2 Å². The third-order valence-electron chi connectivity index (χ3n) is 1.10. The minimum Gasteiger partial charge on any atom is -0.120 e. The Bertz CT molecular complexity index is 230. The summed E-state index contributed by atoms with van der Waals surface area (Å²) in [5, 5.41) is 0. The second kappa shape index (κ2) is 7.70. The molecule has 0 fully saturated rings. The van der Waals surface area contributed by atoms with Gasteiger partial charge in [0.05, 0.1) is 0 Å². The second-order valence-electron chi connectivity index (χ2n) is 2.10. The highest BCUT2D eigenvalue weighted by molar-refractivity contribution is 7.33. The summed E-state index contributed by atoms with van der Waals surface area (Å²) in [5.41, 5.74) is 0. The molecular weight excluding hydrogens is 187 g/mol. The average Bonchev–Trinajstić information content (AvgIpc) is 2.14. The Morgan fingerprint density at radius 2 is 2.31 bits per heavy atom. The summed E-state index contributed by atoms with van der Waals surface area (Å²) >= 11 is 0. The van der Waals surface area contributed by atoms with Crippen LogP contribution in [0.15, 0.2) is 25.3 Å². The Morgan fingerprint density at radius 3 is 2.77 bits per heavy atom. The quantitative estimate of drug-likeness (QED) is 0.359. The maximum absolute atomic E-state index is 11.0. The van der Waals surface area contributed by atoms with Crippen molar-refractivity contribution < 1.29 is 13.6 Å². The van der Waals surface area contributed by atoms with E-state index in [0.29, 0.717) is 6.42 Å². The summed E-state index contributed by atoms with van der Waals surface area (Å²) in [7, 11) is -2.13. The van der Waals surface area contributed by atoms with Gasteiger partial charge in [-0.2, -0.15) is 0 Å². The van der Waals surface area contributed by atoms with Gasteiger partial charge in [0, 0.05) is 11.0 Å². The summed E-state index contributed by atoms with van der Waals surface area (Å²) in [5.74, 6) is 2.38. The van der Waals surface area contributed by atoms with E-state index in [1.165, 1.54) is 12.2 Å². The Morgan fingerprint density at radius 1 is 1.62 bits per heavy atom. The maximum atomic E-state index is 11.0. The van der Waals surface area contributed by atoms with Crippen molar-refractivity contribution in [1.82, 2.24) is 0 Å². The van der Waals surface area contributed by atoms with Crippen LogP contribution in [0.1, 0.15) is 6.42 Å². The van der Waals surface area contributed by atoms with Crippen molar-refractivity contribution in [3.63, 3.8) is 0 Å². The fraction of sp³-hybridized carbons (Fsp3) is 0.333. The van der Waals surface area contributed by atoms with Gasteiger partial charge in [0.2, 0.25) is 0 Å². The number of rotatable bonds is 7. The molecule has 70 valence electrons. The van der Waals surface area contributed by atoms with Gasteiger partial charge in [0.15, 0.2) is 0 Å². The van der Waals surface area contributed by atoms with Crippen molar-refractivity contribution in [2.45, 2.75) is 12.5 Å². The Labute approximate surface area is 79.4 Å². The zero-order valence-electron chi connectivity index (χ0n) is 7.31. The molecule has 0 amide bonds. The van der Waals surface area contributed by atoms with E-state index >= 15 is 0 Å². The smallest absolute Gasteiger partial charge is 0.120 e. The van der Waals surface area contributed by atoms with Crippen LogP contribution in [0.4, 0.5) is 0 Å². The van der Waals surface area contributed by atoms with Gasteiger partial charge < -0.3 is 0 Å². The second-order valence-corrected chi connectivity index (χ2v) is 3.01. The monoisotopic (exact) mass is 199 g/mol. The van der Waals surface area contributed by atoms with E-state index < -0.39 is 14.4 Å². The molecule has 0 bridgehead atoms. The molecule has 2 unspecified atom stereocenters. The molecule has 0 aromatic heterocycles. The first-order valence-corrected chi connectivity index (χ1v) is 4.78. The summed E-state index contributed by atoms with van der Waals surface area (Å²) in [6, 6.07) is 0. The Balaban J connectivity index is 3.80. The van der Waals surface area contributed by atoms with Gasteiger partial charge in [-0.3, -0.25) is 0 Å². The summed E-state index contributed by atoms with van der Waals surface area (Å²) in [6.45, 7) is 7.08. The highest BCUT2D eigenvalue weighted by Crippen LogP contribution is 2.27. The first kappa shape index (κ1) is 12.1. The molecule has 0 aliphatic carbocycles. The van der Waals surface area contributed by atoms with Gasteiger partial charge in [-0.25, -0.2) is 0 Å². The first-order chi connectivity index (χ1) is 6.24. The van der Waals surface area contributed by atoms with Gasteiger partial charge in [0.1, 0.15) is 12.7 Å². The lowest BCUT2D eigenvalue weighted by Gasteiger charge is -1.97. The molecule has 13 heavy (non-hydrogen) atoms. The van der Waals surface area contributed by atoms with Crippen LogP contribution < -0.4 is 0 Å². The lowest BCUT2D eigenvalue weighted by Crippen LogP contribution is -2.03. The van der Waals surface area contributed by atoms with Gasteiger partial charge in [-0.05, 0) is 0 Å². The highest BCUT2D eigenvalue weighted by Gasteiger charge is 2.24. The third-order valence-corrected chi connectivity index (χ3v) is 1.90. The predicted octanol–water partition coefficient (Wildman–Crippen LogP) is 2.44. The molecule has 4 heteroatoms. The molecule has 0 aromatic carbocycles. The first-order valence-electron chi connectivity index (χ1n) is 3.68. The van der Waals surface area contributed by atoms with Crippen molar-refractivity contribution in [1.29, 1.82) is 0 Å². The van der Waals surface area contributed by atoms with E-state index in [2.05, 4.69) is 19.1 Å². The minimum absolute atomic E-state index is 0.190. The van der Waals surface area contributed by atoms with E-state index in [4.69, 9.17) is 15.5 Å².